The molecule has 4 nitrogen and oxygen atoms in total. The van der Waals surface area contributed by atoms with Crippen molar-refractivity contribution in [3.8, 4) is 0 Å². The first-order valence-electron chi connectivity index (χ1n) is 5.26. The number of rotatable bonds is 4. The summed E-state index contributed by atoms with van der Waals surface area (Å²) in [5.74, 6) is -0.0913. The zero-order valence-corrected chi connectivity index (χ0v) is 11.0. The normalized spacial score (nSPS) is 10.7. The molecule has 1 aromatic carbocycles. The number of amides is 1. The molecule has 0 unspecified atom stereocenters. The van der Waals surface area contributed by atoms with Crippen LogP contribution in [0.1, 0.15) is 10.4 Å². The van der Waals surface area contributed by atoms with Crippen LogP contribution in [-0.2, 0) is 4.74 Å². The van der Waals surface area contributed by atoms with Crippen LogP contribution in [0.4, 0.5) is 0 Å². The molecule has 0 saturated carbocycles. The molecule has 1 amide bonds. The average Bonchev–Trinajstić information content (AvgIpc) is 2.72. The monoisotopic (exact) mass is 296 g/mol. The molecule has 0 bridgehead atoms. The molecule has 0 spiro atoms. The summed E-state index contributed by atoms with van der Waals surface area (Å²) in [5.41, 5.74) is 1.60. The first-order chi connectivity index (χ1) is 8.22. The topological polar surface area (TPSA) is 54.1 Å². The molecule has 1 aromatic heterocycles. The Labute approximate surface area is 107 Å². The summed E-state index contributed by atoms with van der Waals surface area (Å²) in [6.07, 6.45) is 1.72. The molecule has 2 N–H and O–H groups in total. The summed E-state index contributed by atoms with van der Waals surface area (Å²) >= 11 is 3.40. The van der Waals surface area contributed by atoms with Gasteiger partial charge in [-0.2, -0.15) is 0 Å². The summed E-state index contributed by atoms with van der Waals surface area (Å²) in [7, 11) is 1.61. The SMILES string of the molecule is COCCNC(=O)c1c[nH]c2ccc(Br)cc12. The van der Waals surface area contributed by atoms with E-state index in [0.29, 0.717) is 18.7 Å². The zero-order valence-electron chi connectivity index (χ0n) is 9.42. The molecule has 17 heavy (non-hydrogen) atoms. The summed E-state index contributed by atoms with van der Waals surface area (Å²) < 4.78 is 5.84. The van der Waals surface area contributed by atoms with Gasteiger partial charge in [0.25, 0.3) is 5.91 Å². The van der Waals surface area contributed by atoms with Gasteiger partial charge in [0.15, 0.2) is 0 Å². The molecule has 2 rings (SSSR count). The Balaban J connectivity index is 2.23. The number of halogens is 1. The quantitative estimate of drug-likeness (QED) is 0.851. The lowest BCUT2D eigenvalue weighted by Crippen LogP contribution is -2.26. The van der Waals surface area contributed by atoms with E-state index in [2.05, 4.69) is 26.2 Å². The van der Waals surface area contributed by atoms with E-state index in [0.717, 1.165) is 15.4 Å². The number of benzene rings is 1. The Bertz CT molecular complexity index is 536. The van der Waals surface area contributed by atoms with E-state index in [-0.39, 0.29) is 5.91 Å². The van der Waals surface area contributed by atoms with Gasteiger partial charge in [0.1, 0.15) is 0 Å². The van der Waals surface area contributed by atoms with Crippen LogP contribution in [0.2, 0.25) is 0 Å². The fourth-order valence-corrected chi connectivity index (χ4v) is 2.00. The van der Waals surface area contributed by atoms with Crippen molar-refractivity contribution < 1.29 is 9.53 Å². The third-order valence-corrected chi connectivity index (χ3v) is 2.97. The standard InChI is InChI=1S/C12H13BrN2O2/c1-17-5-4-14-12(16)10-7-15-11-3-2-8(13)6-9(10)11/h2-3,6-7,15H,4-5H2,1H3,(H,14,16). The molecule has 0 aliphatic rings. The predicted molar refractivity (Wildman–Crippen MR) is 70.2 cm³/mol. The molecular weight excluding hydrogens is 284 g/mol. The van der Waals surface area contributed by atoms with E-state index in [1.54, 1.807) is 13.3 Å². The van der Waals surface area contributed by atoms with Crippen molar-refractivity contribution in [2.45, 2.75) is 0 Å². The van der Waals surface area contributed by atoms with Crippen LogP contribution >= 0.6 is 15.9 Å². The van der Waals surface area contributed by atoms with Gasteiger partial charge in [0.2, 0.25) is 0 Å². The lowest BCUT2D eigenvalue weighted by molar-refractivity contribution is 0.0939. The van der Waals surface area contributed by atoms with Gasteiger partial charge in [0.05, 0.1) is 12.2 Å². The van der Waals surface area contributed by atoms with E-state index >= 15 is 0 Å². The molecule has 0 aliphatic carbocycles. The van der Waals surface area contributed by atoms with E-state index in [1.807, 2.05) is 18.2 Å². The first-order valence-corrected chi connectivity index (χ1v) is 6.05. The Morgan fingerprint density at radius 3 is 3.12 bits per heavy atom. The largest absolute Gasteiger partial charge is 0.383 e. The molecule has 90 valence electrons. The summed E-state index contributed by atoms with van der Waals surface area (Å²) in [6.45, 7) is 1.02. The third kappa shape index (κ3) is 2.68. The average molecular weight is 297 g/mol. The number of ether oxygens (including phenoxy) is 1. The van der Waals surface area contributed by atoms with Crippen LogP contribution in [0.5, 0.6) is 0 Å². The fourth-order valence-electron chi connectivity index (χ4n) is 1.64. The van der Waals surface area contributed by atoms with Crippen molar-refractivity contribution in [2.75, 3.05) is 20.3 Å². The highest BCUT2D eigenvalue weighted by molar-refractivity contribution is 9.10. The number of fused-ring (bicyclic) bond motifs is 1. The molecule has 2 aromatic rings. The minimum absolute atomic E-state index is 0.0913. The van der Waals surface area contributed by atoms with Gasteiger partial charge in [-0.3, -0.25) is 4.79 Å². The second-order valence-electron chi connectivity index (χ2n) is 3.64. The van der Waals surface area contributed by atoms with Crippen LogP contribution in [0.15, 0.2) is 28.9 Å². The predicted octanol–water partition coefficient (Wildman–Crippen LogP) is 2.31. The maximum atomic E-state index is 11.9. The number of carbonyl (C=O) groups is 1. The third-order valence-electron chi connectivity index (χ3n) is 2.48. The second kappa shape index (κ2) is 5.33. The van der Waals surface area contributed by atoms with Crippen LogP contribution in [-0.4, -0.2) is 31.2 Å². The summed E-state index contributed by atoms with van der Waals surface area (Å²) in [5, 5.41) is 3.71. The highest BCUT2D eigenvalue weighted by Crippen LogP contribution is 2.22. The molecule has 0 aliphatic heterocycles. The minimum atomic E-state index is -0.0913. The van der Waals surface area contributed by atoms with Crippen molar-refractivity contribution in [2.24, 2.45) is 0 Å². The number of aromatic amines is 1. The van der Waals surface area contributed by atoms with Crippen molar-refractivity contribution in [3.05, 3.63) is 34.4 Å². The van der Waals surface area contributed by atoms with Crippen LogP contribution in [0, 0.1) is 0 Å². The molecule has 0 atom stereocenters. The molecule has 0 fully saturated rings. The first kappa shape index (κ1) is 12.1. The Morgan fingerprint density at radius 1 is 1.53 bits per heavy atom. The fraction of sp³-hybridized carbons (Fsp3) is 0.250. The minimum Gasteiger partial charge on any atom is -0.383 e. The number of methoxy groups -OCH3 is 1. The Kier molecular flexibility index (Phi) is 3.81. The number of nitrogens with one attached hydrogen (secondary N) is 2. The maximum absolute atomic E-state index is 11.9. The number of hydrogen-bond acceptors (Lipinski definition) is 2. The van der Waals surface area contributed by atoms with Gasteiger partial charge >= 0.3 is 0 Å². The van der Waals surface area contributed by atoms with Crippen molar-refractivity contribution in [1.82, 2.24) is 10.3 Å². The highest BCUT2D eigenvalue weighted by atomic mass is 79.9. The van der Waals surface area contributed by atoms with E-state index < -0.39 is 0 Å². The molecule has 1 heterocycles. The van der Waals surface area contributed by atoms with E-state index in [1.165, 1.54) is 0 Å². The van der Waals surface area contributed by atoms with Gasteiger partial charge < -0.3 is 15.0 Å². The molecular formula is C12H13BrN2O2. The molecule has 0 saturated heterocycles. The van der Waals surface area contributed by atoms with Crippen molar-refractivity contribution >= 4 is 32.7 Å². The zero-order chi connectivity index (χ0) is 12.3. The van der Waals surface area contributed by atoms with Crippen molar-refractivity contribution in [3.63, 3.8) is 0 Å². The summed E-state index contributed by atoms with van der Waals surface area (Å²) in [4.78, 5) is 15.0. The lowest BCUT2D eigenvalue weighted by Gasteiger charge is -2.03. The van der Waals surface area contributed by atoms with Crippen LogP contribution < -0.4 is 5.32 Å². The smallest absolute Gasteiger partial charge is 0.253 e. The van der Waals surface area contributed by atoms with Gasteiger partial charge in [-0.25, -0.2) is 0 Å². The lowest BCUT2D eigenvalue weighted by atomic mass is 10.1. The van der Waals surface area contributed by atoms with E-state index in [4.69, 9.17) is 4.74 Å². The molecule has 0 radical (unpaired) electrons. The number of H-pyrrole nitrogens is 1. The second-order valence-corrected chi connectivity index (χ2v) is 4.56. The Morgan fingerprint density at radius 2 is 2.35 bits per heavy atom. The highest BCUT2D eigenvalue weighted by Gasteiger charge is 2.11. The summed E-state index contributed by atoms with van der Waals surface area (Å²) in [6, 6.07) is 5.80. The van der Waals surface area contributed by atoms with E-state index in [9.17, 15) is 4.79 Å². The van der Waals surface area contributed by atoms with Gasteiger partial charge in [-0.15, -0.1) is 0 Å². The van der Waals surface area contributed by atoms with Gasteiger partial charge in [-0.1, -0.05) is 15.9 Å². The number of aromatic nitrogens is 1. The number of hydrogen-bond donors (Lipinski definition) is 2. The van der Waals surface area contributed by atoms with Crippen molar-refractivity contribution in [1.29, 1.82) is 0 Å². The van der Waals surface area contributed by atoms with Crippen LogP contribution in [0.3, 0.4) is 0 Å². The number of carbonyl (C=O) groups excluding carboxylic acids is 1. The van der Waals surface area contributed by atoms with Crippen LogP contribution in [0.25, 0.3) is 10.9 Å². The maximum Gasteiger partial charge on any atom is 0.253 e. The Hall–Kier alpha value is -1.33. The van der Waals surface area contributed by atoms with Gasteiger partial charge in [-0.05, 0) is 18.2 Å². The van der Waals surface area contributed by atoms with Gasteiger partial charge in [0, 0.05) is 35.2 Å². The molecule has 5 heteroatoms.